The van der Waals surface area contributed by atoms with Gasteiger partial charge in [-0.3, -0.25) is 14.9 Å². The third-order valence-electron chi connectivity index (χ3n) is 4.70. The molecule has 0 unspecified atom stereocenters. The third kappa shape index (κ3) is 4.40. The summed E-state index contributed by atoms with van der Waals surface area (Å²) in [6.45, 7) is 2.78. The fourth-order valence-electron chi connectivity index (χ4n) is 3.17. The smallest absolute Gasteiger partial charge is 0.270 e. The minimum Gasteiger partial charge on any atom is -0.497 e. The number of amides is 1. The Morgan fingerprint density at radius 2 is 1.89 bits per heavy atom. The Hall–Kier alpha value is -3.13. The minimum absolute atomic E-state index is 0.0989. The zero-order valence-electron chi connectivity index (χ0n) is 16.0. The molecule has 8 heteroatoms. The van der Waals surface area contributed by atoms with Gasteiger partial charge in [-0.2, -0.15) is 0 Å². The molecule has 28 heavy (non-hydrogen) atoms. The van der Waals surface area contributed by atoms with Crippen LogP contribution in [0.15, 0.2) is 42.5 Å². The Bertz CT molecular complexity index is 847. The van der Waals surface area contributed by atoms with Crippen LogP contribution >= 0.6 is 0 Å². The van der Waals surface area contributed by atoms with Gasteiger partial charge in [0.05, 0.1) is 36.5 Å². The zero-order valence-corrected chi connectivity index (χ0v) is 16.0. The van der Waals surface area contributed by atoms with Crippen molar-refractivity contribution in [2.24, 2.45) is 0 Å². The molecule has 0 spiro atoms. The summed E-state index contributed by atoms with van der Waals surface area (Å²) in [5.41, 5.74) is 1.86. The van der Waals surface area contributed by atoms with Crippen molar-refractivity contribution < 1.29 is 19.2 Å². The molecule has 0 saturated carbocycles. The molecule has 1 heterocycles. The molecule has 0 aliphatic carbocycles. The van der Waals surface area contributed by atoms with E-state index in [0.717, 1.165) is 11.3 Å². The van der Waals surface area contributed by atoms with Crippen LogP contribution in [0.25, 0.3) is 0 Å². The summed E-state index contributed by atoms with van der Waals surface area (Å²) >= 11 is 0. The maximum atomic E-state index is 13.1. The number of morpholine rings is 1. The number of carbonyl (C=O) groups is 1. The van der Waals surface area contributed by atoms with Crippen molar-refractivity contribution in [1.29, 1.82) is 0 Å². The molecule has 1 amide bonds. The summed E-state index contributed by atoms with van der Waals surface area (Å²) in [5, 5.41) is 11.2. The lowest BCUT2D eigenvalue weighted by Gasteiger charge is -2.31. The van der Waals surface area contributed by atoms with Crippen LogP contribution in [-0.4, -0.2) is 56.2 Å². The van der Waals surface area contributed by atoms with E-state index in [1.165, 1.54) is 12.1 Å². The van der Waals surface area contributed by atoms with Crippen LogP contribution < -0.4 is 9.64 Å². The average molecular weight is 385 g/mol. The van der Waals surface area contributed by atoms with E-state index >= 15 is 0 Å². The van der Waals surface area contributed by atoms with Gasteiger partial charge >= 0.3 is 0 Å². The molecule has 0 atom stereocenters. The van der Waals surface area contributed by atoms with E-state index in [9.17, 15) is 14.9 Å². The number of rotatable bonds is 6. The Morgan fingerprint density at radius 3 is 2.50 bits per heavy atom. The molecule has 3 rings (SSSR count). The predicted octanol–water partition coefficient (Wildman–Crippen LogP) is 2.71. The van der Waals surface area contributed by atoms with Gasteiger partial charge in [0.2, 0.25) is 0 Å². The molecular weight excluding hydrogens is 362 g/mol. The van der Waals surface area contributed by atoms with Crippen LogP contribution in [0.4, 0.5) is 11.4 Å². The van der Waals surface area contributed by atoms with Gasteiger partial charge in [0.15, 0.2) is 0 Å². The van der Waals surface area contributed by atoms with Crippen molar-refractivity contribution in [2.75, 3.05) is 45.4 Å². The Labute approximate surface area is 163 Å². The van der Waals surface area contributed by atoms with Crippen LogP contribution in [0.3, 0.4) is 0 Å². The topological polar surface area (TPSA) is 85.1 Å². The normalized spacial score (nSPS) is 13.9. The molecule has 1 fully saturated rings. The number of carbonyl (C=O) groups excluding carboxylic acids is 1. The van der Waals surface area contributed by atoms with Gasteiger partial charge in [-0.05, 0) is 23.8 Å². The van der Waals surface area contributed by atoms with E-state index in [1.54, 1.807) is 25.1 Å². The average Bonchev–Trinajstić information content (AvgIpc) is 2.73. The van der Waals surface area contributed by atoms with Gasteiger partial charge in [-0.25, -0.2) is 0 Å². The van der Waals surface area contributed by atoms with Gasteiger partial charge < -0.3 is 19.3 Å². The summed E-state index contributed by atoms with van der Waals surface area (Å²) < 4.78 is 10.5. The number of non-ortho nitro benzene ring substituents is 1. The van der Waals surface area contributed by atoms with Crippen molar-refractivity contribution in [1.82, 2.24) is 4.90 Å². The van der Waals surface area contributed by atoms with Crippen molar-refractivity contribution >= 4 is 17.3 Å². The lowest BCUT2D eigenvalue weighted by Crippen LogP contribution is -2.38. The number of nitro groups is 1. The van der Waals surface area contributed by atoms with Gasteiger partial charge in [-0.1, -0.05) is 12.1 Å². The quantitative estimate of drug-likeness (QED) is 0.561. The first-order valence-corrected chi connectivity index (χ1v) is 8.99. The fourth-order valence-corrected chi connectivity index (χ4v) is 3.17. The lowest BCUT2D eigenvalue weighted by molar-refractivity contribution is -0.384. The van der Waals surface area contributed by atoms with Gasteiger partial charge in [-0.15, -0.1) is 0 Å². The summed E-state index contributed by atoms with van der Waals surface area (Å²) in [6.07, 6.45) is 0. The molecule has 2 aromatic rings. The molecule has 1 saturated heterocycles. The van der Waals surface area contributed by atoms with E-state index in [-0.39, 0.29) is 11.6 Å². The number of ether oxygens (including phenoxy) is 2. The second-order valence-electron chi connectivity index (χ2n) is 6.57. The lowest BCUT2D eigenvalue weighted by atomic mass is 10.1. The number of hydrogen-bond acceptors (Lipinski definition) is 6. The highest BCUT2D eigenvalue weighted by Gasteiger charge is 2.24. The fraction of sp³-hybridized carbons (Fsp3) is 0.350. The van der Waals surface area contributed by atoms with E-state index in [0.29, 0.717) is 44.1 Å². The molecule has 148 valence electrons. The van der Waals surface area contributed by atoms with E-state index in [2.05, 4.69) is 0 Å². The summed E-state index contributed by atoms with van der Waals surface area (Å²) in [7, 11) is 3.29. The Balaban J connectivity index is 1.86. The molecular formula is C20H23N3O5. The number of nitro benzene ring substituents is 1. The maximum absolute atomic E-state index is 13.1. The third-order valence-corrected chi connectivity index (χ3v) is 4.70. The van der Waals surface area contributed by atoms with E-state index in [4.69, 9.17) is 9.47 Å². The highest BCUT2D eigenvalue weighted by Crippen LogP contribution is 2.28. The highest BCUT2D eigenvalue weighted by atomic mass is 16.6. The molecule has 1 aliphatic rings. The number of nitrogens with zero attached hydrogens (tertiary/aromatic N) is 3. The summed E-state index contributed by atoms with van der Waals surface area (Å²) in [5.74, 6) is 0.479. The van der Waals surface area contributed by atoms with Crippen molar-refractivity contribution in [2.45, 2.75) is 6.54 Å². The predicted molar refractivity (Wildman–Crippen MR) is 105 cm³/mol. The largest absolute Gasteiger partial charge is 0.497 e. The second kappa shape index (κ2) is 8.71. The first kappa shape index (κ1) is 19.6. The van der Waals surface area contributed by atoms with E-state index in [1.807, 2.05) is 29.2 Å². The number of anilines is 1. The Kier molecular flexibility index (Phi) is 6.10. The van der Waals surface area contributed by atoms with Crippen molar-refractivity contribution in [3.05, 3.63) is 63.7 Å². The maximum Gasteiger partial charge on any atom is 0.270 e. The van der Waals surface area contributed by atoms with Gasteiger partial charge in [0.1, 0.15) is 5.75 Å². The number of hydrogen-bond donors (Lipinski definition) is 0. The van der Waals surface area contributed by atoms with Crippen LogP contribution in [0, 0.1) is 10.1 Å². The standard InChI is InChI=1S/C20H23N3O5/c1-21(14-15-3-6-17(27-2)7-4-15)20(24)18-13-16(23(25)26)5-8-19(18)22-9-11-28-12-10-22/h3-8,13H,9-12,14H2,1-2H3. The summed E-state index contributed by atoms with van der Waals surface area (Å²) in [4.78, 5) is 27.5. The number of benzene rings is 2. The second-order valence-corrected chi connectivity index (χ2v) is 6.57. The summed E-state index contributed by atoms with van der Waals surface area (Å²) in [6, 6.07) is 11.9. The van der Waals surface area contributed by atoms with Gasteiger partial charge in [0, 0.05) is 38.8 Å². The van der Waals surface area contributed by atoms with Crippen LogP contribution in [0.1, 0.15) is 15.9 Å². The first-order valence-electron chi connectivity index (χ1n) is 8.99. The minimum atomic E-state index is -0.483. The number of methoxy groups -OCH3 is 1. The molecule has 0 N–H and O–H groups in total. The monoisotopic (exact) mass is 385 g/mol. The molecule has 0 aromatic heterocycles. The molecule has 2 aromatic carbocycles. The van der Waals surface area contributed by atoms with Crippen LogP contribution in [0.2, 0.25) is 0 Å². The van der Waals surface area contributed by atoms with Crippen LogP contribution in [-0.2, 0) is 11.3 Å². The van der Waals surface area contributed by atoms with E-state index < -0.39 is 4.92 Å². The zero-order chi connectivity index (χ0) is 20.1. The Morgan fingerprint density at radius 1 is 1.21 bits per heavy atom. The SMILES string of the molecule is COc1ccc(CN(C)C(=O)c2cc([N+](=O)[O-])ccc2N2CCOCC2)cc1. The first-order chi connectivity index (χ1) is 13.5. The molecule has 0 bridgehead atoms. The van der Waals surface area contributed by atoms with Crippen molar-refractivity contribution in [3.8, 4) is 5.75 Å². The molecule has 8 nitrogen and oxygen atoms in total. The molecule has 0 radical (unpaired) electrons. The highest BCUT2D eigenvalue weighted by molar-refractivity contribution is 6.00. The van der Waals surface area contributed by atoms with Crippen LogP contribution in [0.5, 0.6) is 5.75 Å². The van der Waals surface area contributed by atoms with Crippen molar-refractivity contribution in [3.63, 3.8) is 0 Å². The van der Waals surface area contributed by atoms with Gasteiger partial charge in [0.25, 0.3) is 11.6 Å². The molecule has 1 aliphatic heterocycles.